The van der Waals surface area contributed by atoms with Gasteiger partial charge in [0.1, 0.15) is 11.2 Å². The molecule has 0 unspecified atom stereocenters. The minimum Gasteiger partial charge on any atom is -0.466 e. The van der Waals surface area contributed by atoms with Crippen molar-refractivity contribution >= 4 is 29.5 Å². The number of carbonyl (C=O) groups excluding carboxylic acids is 4. The number of hydrogen-bond acceptors (Lipinski definition) is 5. The largest absolute Gasteiger partial charge is 0.466 e. The van der Waals surface area contributed by atoms with E-state index in [2.05, 4.69) is 11.8 Å². The van der Waals surface area contributed by atoms with Gasteiger partial charge in [-0.3, -0.25) is 14.4 Å². The van der Waals surface area contributed by atoms with Gasteiger partial charge < -0.3 is 14.5 Å². The van der Waals surface area contributed by atoms with Crippen molar-refractivity contribution in [2.75, 3.05) is 31.1 Å². The molecule has 0 bridgehead atoms. The van der Waals surface area contributed by atoms with Crippen molar-refractivity contribution in [1.29, 1.82) is 0 Å². The molecule has 10 heteroatoms. The van der Waals surface area contributed by atoms with Gasteiger partial charge in [0.2, 0.25) is 11.8 Å². The van der Waals surface area contributed by atoms with Crippen molar-refractivity contribution in [3.05, 3.63) is 65.2 Å². The van der Waals surface area contributed by atoms with Gasteiger partial charge in [-0.15, -0.1) is 0 Å². The van der Waals surface area contributed by atoms with Gasteiger partial charge >= 0.3 is 12.0 Å². The third-order valence-electron chi connectivity index (χ3n) is 6.58. The first-order valence-electron chi connectivity index (χ1n) is 12.3. The number of anilines is 1. The second kappa shape index (κ2) is 11.0. The van der Waals surface area contributed by atoms with Crippen molar-refractivity contribution in [3.8, 4) is 11.8 Å². The van der Waals surface area contributed by atoms with Crippen LogP contribution in [-0.2, 0) is 19.1 Å². The zero-order valence-corrected chi connectivity index (χ0v) is 21.1. The van der Waals surface area contributed by atoms with Crippen molar-refractivity contribution in [1.82, 2.24) is 9.80 Å². The Balaban J connectivity index is 1.52. The average molecular weight is 524 g/mol. The molecule has 2 heterocycles. The maximum atomic E-state index is 15.1. The summed E-state index contributed by atoms with van der Waals surface area (Å²) in [6.07, 6.45) is 0.0545. The van der Waals surface area contributed by atoms with Gasteiger partial charge in [0.25, 0.3) is 0 Å². The molecule has 2 aliphatic heterocycles. The number of fused-ring (bicyclic) bond motifs is 1. The quantitative estimate of drug-likeness (QED) is 0.428. The minimum atomic E-state index is -1.50. The third kappa shape index (κ3) is 5.23. The van der Waals surface area contributed by atoms with Crippen molar-refractivity contribution in [3.63, 3.8) is 0 Å². The summed E-state index contributed by atoms with van der Waals surface area (Å²) in [5.74, 6) is 1.53. The standard InChI is InChI=1S/C28H27F2N3O5/c1-3-38-24(35)10-7-13-31-14-15-32-27(37)33(23(34)18-28(32,2)26(31)36)25-21(29)16-20(17-22(25)30)12-11-19-8-5-4-6-9-19/h4-6,8-9,16-17H,3,7,10,13-15,18H2,1-2H3/t28-/m0/s1. The number of ether oxygens (including phenoxy) is 1. The maximum absolute atomic E-state index is 15.1. The Morgan fingerprint density at radius 1 is 1.03 bits per heavy atom. The summed E-state index contributed by atoms with van der Waals surface area (Å²) in [6.45, 7) is 3.91. The Morgan fingerprint density at radius 3 is 2.34 bits per heavy atom. The number of hydrogen-bond donors (Lipinski definition) is 0. The molecule has 0 spiro atoms. The zero-order valence-electron chi connectivity index (χ0n) is 21.1. The van der Waals surface area contributed by atoms with Crippen LogP contribution in [-0.4, -0.2) is 65.4 Å². The Labute approximate surface area is 219 Å². The predicted molar refractivity (Wildman–Crippen MR) is 134 cm³/mol. The molecule has 2 aromatic carbocycles. The lowest BCUT2D eigenvalue weighted by molar-refractivity contribution is -0.152. The Morgan fingerprint density at radius 2 is 1.68 bits per heavy atom. The molecule has 4 amide bonds. The van der Waals surface area contributed by atoms with Crippen molar-refractivity contribution in [2.45, 2.75) is 38.6 Å². The molecule has 2 fully saturated rings. The van der Waals surface area contributed by atoms with Crippen molar-refractivity contribution < 1.29 is 32.7 Å². The van der Waals surface area contributed by atoms with Crippen LogP contribution in [0.2, 0.25) is 0 Å². The number of halogens is 2. The van der Waals surface area contributed by atoms with E-state index in [1.165, 1.54) is 16.7 Å². The SMILES string of the molecule is CCOC(=O)CCCN1CCN2C(=O)N(c3c(F)cc(C#Cc4ccccc4)cc3F)C(=O)C[C@@]2(C)C1=O. The van der Waals surface area contributed by atoms with Crippen LogP contribution in [0.1, 0.15) is 44.2 Å². The van der Waals surface area contributed by atoms with Gasteiger partial charge in [-0.05, 0) is 44.5 Å². The molecule has 0 aromatic heterocycles. The minimum absolute atomic E-state index is 0.0426. The second-order valence-electron chi connectivity index (χ2n) is 9.22. The summed E-state index contributed by atoms with van der Waals surface area (Å²) < 4.78 is 35.1. The average Bonchev–Trinajstić information content (AvgIpc) is 2.87. The predicted octanol–water partition coefficient (Wildman–Crippen LogP) is 3.47. The van der Waals surface area contributed by atoms with E-state index >= 15 is 8.78 Å². The van der Waals surface area contributed by atoms with Gasteiger partial charge in [0.05, 0.1) is 13.0 Å². The monoisotopic (exact) mass is 523 g/mol. The first kappa shape index (κ1) is 26.8. The van der Waals surface area contributed by atoms with Crippen LogP contribution in [0.4, 0.5) is 19.3 Å². The van der Waals surface area contributed by atoms with E-state index in [1.807, 2.05) is 6.07 Å². The number of piperazine rings is 1. The number of esters is 1. The van der Waals surface area contributed by atoms with Crippen LogP contribution in [0.3, 0.4) is 0 Å². The molecule has 198 valence electrons. The van der Waals surface area contributed by atoms with Gasteiger partial charge in [-0.2, -0.15) is 0 Å². The summed E-state index contributed by atoms with van der Waals surface area (Å²) in [7, 11) is 0. The maximum Gasteiger partial charge on any atom is 0.332 e. The molecule has 38 heavy (non-hydrogen) atoms. The molecular weight excluding hydrogens is 496 g/mol. The summed E-state index contributed by atoms with van der Waals surface area (Å²) >= 11 is 0. The summed E-state index contributed by atoms with van der Waals surface area (Å²) in [5.41, 5.74) is -1.60. The number of nitrogens with zero attached hydrogens (tertiary/aromatic N) is 3. The molecule has 2 saturated heterocycles. The Kier molecular flexibility index (Phi) is 7.76. The van der Waals surface area contributed by atoms with E-state index in [-0.39, 0.29) is 44.2 Å². The van der Waals surface area contributed by atoms with Crippen LogP contribution in [0.15, 0.2) is 42.5 Å². The number of urea groups is 1. The molecule has 2 aromatic rings. The molecule has 0 radical (unpaired) electrons. The van der Waals surface area contributed by atoms with Gasteiger partial charge in [0.15, 0.2) is 11.6 Å². The molecule has 0 N–H and O–H groups in total. The highest BCUT2D eigenvalue weighted by Crippen LogP contribution is 2.37. The smallest absolute Gasteiger partial charge is 0.332 e. The molecular formula is C28H27F2N3O5. The summed E-state index contributed by atoms with van der Waals surface area (Å²) in [6, 6.07) is 9.84. The topological polar surface area (TPSA) is 87.2 Å². The highest BCUT2D eigenvalue weighted by atomic mass is 19.1. The second-order valence-corrected chi connectivity index (χ2v) is 9.22. The molecule has 0 aliphatic carbocycles. The lowest BCUT2D eigenvalue weighted by atomic mass is 9.88. The van der Waals surface area contributed by atoms with Crippen LogP contribution >= 0.6 is 0 Å². The Hall–Kier alpha value is -4.26. The van der Waals surface area contributed by atoms with E-state index in [9.17, 15) is 19.2 Å². The molecule has 2 aliphatic rings. The highest BCUT2D eigenvalue weighted by molar-refractivity contribution is 6.19. The van der Waals surface area contributed by atoms with E-state index in [1.54, 1.807) is 31.2 Å². The van der Waals surface area contributed by atoms with Crippen molar-refractivity contribution in [2.24, 2.45) is 0 Å². The van der Waals surface area contributed by atoms with E-state index < -0.39 is 47.1 Å². The van der Waals surface area contributed by atoms with Gasteiger partial charge in [0, 0.05) is 37.2 Å². The van der Waals surface area contributed by atoms with Crippen LogP contribution < -0.4 is 4.90 Å². The van der Waals surface area contributed by atoms with E-state index in [0.29, 0.717) is 16.9 Å². The van der Waals surface area contributed by atoms with Crippen LogP contribution in [0, 0.1) is 23.5 Å². The van der Waals surface area contributed by atoms with E-state index in [0.717, 1.165) is 12.1 Å². The number of rotatable bonds is 6. The fraction of sp³-hybridized carbons (Fsp3) is 0.357. The van der Waals surface area contributed by atoms with E-state index in [4.69, 9.17) is 4.74 Å². The van der Waals surface area contributed by atoms with Gasteiger partial charge in [-0.25, -0.2) is 18.5 Å². The lowest BCUT2D eigenvalue weighted by Crippen LogP contribution is -2.72. The molecule has 0 saturated carbocycles. The first-order chi connectivity index (χ1) is 18.2. The first-order valence-corrected chi connectivity index (χ1v) is 12.3. The number of imide groups is 1. The number of benzene rings is 2. The summed E-state index contributed by atoms with van der Waals surface area (Å²) in [4.78, 5) is 54.4. The fourth-order valence-electron chi connectivity index (χ4n) is 4.70. The molecule has 1 atom stereocenters. The number of amides is 4. The summed E-state index contributed by atoms with van der Waals surface area (Å²) in [5, 5.41) is 0. The van der Waals surface area contributed by atoms with Crippen LogP contribution in [0.25, 0.3) is 0 Å². The Bertz CT molecular complexity index is 1310. The lowest BCUT2D eigenvalue weighted by Gasteiger charge is -2.51. The highest BCUT2D eigenvalue weighted by Gasteiger charge is 2.55. The fourth-order valence-corrected chi connectivity index (χ4v) is 4.70. The molecule has 4 rings (SSSR count). The van der Waals surface area contributed by atoms with Crippen LogP contribution in [0.5, 0.6) is 0 Å². The molecule has 8 nitrogen and oxygen atoms in total. The third-order valence-corrected chi connectivity index (χ3v) is 6.58. The normalized spacial score (nSPS) is 19.2. The zero-order chi connectivity index (χ0) is 27.4. The number of carbonyl (C=O) groups is 4. The van der Waals surface area contributed by atoms with Gasteiger partial charge in [-0.1, -0.05) is 30.0 Å².